The van der Waals surface area contributed by atoms with E-state index in [4.69, 9.17) is 10.8 Å². The number of aliphatic hydroxyl groups is 3. The van der Waals surface area contributed by atoms with Crippen molar-refractivity contribution in [3.63, 3.8) is 0 Å². The Labute approximate surface area is 90.9 Å². The van der Waals surface area contributed by atoms with Gasteiger partial charge in [0.15, 0.2) is 6.10 Å². The first kappa shape index (κ1) is 12.6. The molecule has 5 N–H and O–H groups in total. The predicted molar refractivity (Wildman–Crippen MR) is 52.5 cm³/mol. The van der Waals surface area contributed by atoms with Gasteiger partial charge in [-0.1, -0.05) is 6.07 Å². The molecule has 1 amide bonds. The van der Waals surface area contributed by atoms with E-state index in [2.05, 4.69) is 0 Å². The summed E-state index contributed by atoms with van der Waals surface area (Å²) in [6, 6.07) is 3.51. The second-order valence-corrected chi connectivity index (χ2v) is 3.31. The van der Waals surface area contributed by atoms with Crippen molar-refractivity contribution in [2.24, 2.45) is 5.73 Å². The molecule has 0 fully saturated rings. The van der Waals surface area contributed by atoms with Crippen LogP contribution >= 0.6 is 0 Å². The number of nitrogens with two attached hydrogens (primary N) is 1. The average Bonchev–Trinajstić information content (AvgIpc) is 2.27. The molecule has 16 heavy (non-hydrogen) atoms. The van der Waals surface area contributed by atoms with E-state index in [0.717, 1.165) is 12.1 Å². The summed E-state index contributed by atoms with van der Waals surface area (Å²) in [6.45, 7) is -0.341. The maximum Gasteiger partial charge on any atom is 0.249 e. The first-order chi connectivity index (χ1) is 7.47. The Morgan fingerprint density at radius 2 is 2.06 bits per heavy atom. The Morgan fingerprint density at radius 3 is 2.56 bits per heavy atom. The third-order valence-electron chi connectivity index (χ3n) is 2.15. The van der Waals surface area contributed by atoms with E-state index < -0.39 is 23.9 Å². The summed E-state index contributed by atoms with van der Waals surface area (Å²) in [5.74, 6) is -1.94. The van der Waals surface area contributed by atoms with E-state index >= 15 is 0 Å². The molecule has 88 valence electrons. The number of amides is 1. The Hall–Kier alpha value is -1.50. The number of carbonyl (C=O) groups is 1. The van der Waals surface area contributed by atoms with Gasteiger partial charge in [0.2, 0.25) is 5.91 Å². The Kier molecular flexibility index (Phi) is 3.94. The van der Waals surface area contributed by atoms with Crippen LogP contribution in [0.1, 0.15) is 17.2 Å². The van der Waals surface area contributed by atoms with Crippen molar-refractivity contribution in [2.75, 3.05) is 0 Å². The first-order valence-corrected chi connectivity index (χ1v) is 4.52. The summed E-state index contributed by atoms with van der Waals surface area (Å²) in [5.41, 5.74) is 4.85. The number of hydrogen-bond donors (Lipinski definition) is 4. The molecule has 1 aromatic rings. The molecule has 0 saturated heterocycles. The third kappa shape index (κ3) is 2.54. The zero-order chi connectivity index (χ0) is 12.3. The molecule has 0 saturated carbocycles. The third-order valence-corrected chi connectivity index (χ3v) is 2.15. The van der Waals surface area contributed by atoms with Gasteiger partial charge in [0.05, 0.1) is 6.61 Å². The van der Waals surface area contributed by atoms with Gasteiger partial charge in [0, 0.05) is 5.56 Å². The van der Waals surface area contributed by atoms with Crippen LogP contribution in [0.3, 0.4) is 0 Å². The zero-order valence-corrected chi connectivity index (χ0v) is 8.30. The molecule has 2 atom stereocenters. The van der Waals surface area contributed by atoms with E-state index in [1.807, 2.05) is 0 Å². The summed E-state index contributed by atoms with van der Waals surface area (Å²) < 4.78 is 13.3. The van der Waals surface area contributed by atoms with Crippen molar-refractivity contribution >= 4 is 5.91 Å². The molecule has 5 nitrogen and oxygen atoms in total. The number of benzene rings is 1. The summed E-state index contributed by atoms with van der Waals surface area (Å²) in [5, 5.41) is 27.5. The van der Waals surface area contributed by atoms with E-state index in [-0.39, 0.29) is 12.2 Å². The Balaban J connectivity index is 3.06. The minimum Gasteiger partial charge on any atom is -0.392 e. The number of primary amides is 1. The van der Waals surface area contributed by atoms with E-state index in [9.17, 15) is 19.4 Å². The number of carbonyl (C=O) groups excluding carboxylic acids is 1. The van der Waals surface area contributed by atoms with Crippen LogP contribution in [0.4, 0.5) is 4.39 Å². The highest BCUT2D eigenvalue weighted by atomic mass is 19.1. The molecule has 1 aromatic carbocycles. The van der Waals surface area contributed by atoms with E-state index in [0.29, 0.717) is 5.56 Å². The lowest BCUT2D eigenvalue weighted by Crippen LogP contribution is -2.34. The highest BCUT2D eigenvalue weighted by Gasteiger charge is 2.26. The van der Waals surface area contributed by atoms with Gasteiger partial charge in [0.1, 0.15) is 11.9 Å². The van der Waals surface area contributed by atoms with Crippen LogP contribution in [0.15, 0.2) is 18.2 Å². The van der Waals surface area contributed by atoms with Crippen LogP contribution in [0.2, 0.25) is 0 Å². The molecular weight excluding hydrogens is 217 g/mol. The molecule has 0 spiro atoms. The number of halogens is 1. The maximum atomic E-state index is 13.3. The second-order valence-electron chi connectivity index (χ2n) is 3.31. The van der Waals surface area contributed by atoms with Gasteiger partial charge in [-0.15, -0.1) is 0 Å². The van der Waals surface area contributed by atoms with Crippen molar-refractivity contribution in [3.05, 3.63) is 35.1 Å². The van der Waals surface area contributed by atoms with Gasteiger partial charge in [0.25, 0.3) is 0 Å². The van der Waals surface area contributed by atoms with Crippen LogP contribution in [-0.4, -0.2) is 27.3 Å². The van der Waals surface area contributed by atoms with E-state index in [1.165, 1.54) is 6.07 Å². The van der Waals surface area contributed by atoms with Crippen molar-refractivity contribution in [1.82, 2.24) is 0 Å². The second kappa shape index (κ2) is 5.02. The number of hydrogen-bond acceptors (Lipinski definition) is 4. The van der Waals surface area contributed by atoms with Gasteiger partial charge in [-0.2, -0.15) is 0 Å². The smallest absolute Gasteiger partial charge is 0.249 e. The SMILES string of the molecule is NC(=O)C(O)C(O)c1cc(CO)ccc1F. The lowest BCUT2D eigenvalue weighted by atomic mass is 10.0. The molecule has 0 aliphatic rings. The normalized spacial score (nSPS) is 14.5. The molecule has 0 aromatic heterocycles. The van der Waals surface area contributed by atoms with Gasteiger partial charge in [-0.05, 0) is 17.7 Å². The molecule has 0 aliphatic heterocycles. The van der Waals surface area contributed by atoms with Crippen molar-refractivity contribution in [3.8, 4) is 0 Å². The molecule has 0 radical (unpaired) electrons. The molecule has 6 heteroatoms. The van der Waals surface area contributed by atoms with E-state index in [1.54, 1.807) is 0 Å². The van der Waals surface area contributed by atoms with Crippen molar-refractivity contribution in [1.29, 1.82) is 0 Å². The minimum atomic E-state index is -1.89. The molecule has 2 unspecified atom stereocenters. The number of aliphatic hydroxyl groups excluding tert-OH is 3. The average molecular weight is 229 g/mol. The summed E-state index contributed by atoms with van der Waals surface area (Å²) in [4.78, 5) is 10.6. The maximum absolute atomic E-state index is 13.3. The lowest BCUT2D eigenvalue weighted by Gasteiger charge is -2.16. The summed E-state index contributed by atoms with van der Waals surface area (Å²) in [7, 11) is 0. The molecular formula is C10H12FNO4. The lowest BCUT2D eigenvalue weighted by molar-refractivity contribution is -0.132. The largest absolute Gasteiger partial charge is 0.392 e. The zero-order valence-electron chi connectivity index (χ0n) is 8.30. The highest BCUT2D eigenvalue weighted by Crippen LogP contribution is 2.21. The standard InChI is InChI=1S/C10H12FNO4/c11-7-2-1-5(4-13)3-6(7)8(14)9(15)10(12)16/h1-3,8-9,13-15H,4H2,(H2,12,16). The number of rotatable bonds is 4. The molecule has 0 bridgehead atoms. The van der Waals surface area contributed by atoms with Gasteiger partial charge in [-0.25, -0.2) is 4.39 Å². The van der Waals surface area contributed by atoms with Crippen molar-refractivity contribution in [2.45, 2.75) is 18.8 Å². The van der Waals surface area contributed by atoms with Crippen LogP contribution in [0.25, 0.3) is 0 Å². The fourth-order valence-electron chi connectivity index (χ4n) is 1.24. The van der Waals surface area contributed by atoms with Crippen LogP contribution in [-0.2, 0) is 11.4 Å². The van der Waals surface area contributed by atoms with Gasteiger partial charge in [-0.3, -0.25) is 4.79 Å². The fraction of sp³-hybridized carbons (Fsp3) is 0.300. The first-order valence-electron chi connectivity index (χ1n) is 4.52. The van der Waals surface area contributed by atoms with Gasteiger partial charge < -0.3 is 21.1 Å². The Morgan fingerprint density at radius 1 is 1.44 bits per heavy atom. The fourth-order valence-corrected chi connectivity index (χ4v) is 1.24. The minimum absolute atomic E-state index is 0.280. The quantitative estimate of drug-likeness (QED) is 0.542. The van der Waals surface area contributed by atoms with Crippen molar-refractivity contribution < 1.29 is 24.5 Å². The predicted octanol–water partition coefficient (Wildman–Crippen LogP) is -0.802. The summed E-state index contributed by atoms with van der Waals surface area (Å²) >= 11 is 0. The highest BCUT2D eigenvalue weighted by molar-refractivity contribution is 5.79. The molecule has 0 aliphatic carbocycles. The van der Waals surface area contributed by atoms with Crippen LogP contribution in [0.5, 0.6) is 0 Å². The van der Waals surface area contributed by atoms with Crippen LogP contribution in [0, 0.1) is 5.82 Å². The van der Waals surface area contributed by atoms with Crippen LogP contribution < -0.4 is 5.73 Å². The summed E-state index contributed by atoms with van der Waals surface area (Å²) in [6.07, 6.45) is -3.63. The molecule has 0 heterocycles. The topological polar surface area (TPSA) is 104 Å². The van der Waals surface area contributed by atoms with Gasteiger partial charge >= 0.3 is 0 Å². The monoisotopic (exact) mass is 229 g/mol. The Bertz CT molecular complexity index is 396. The molecule has 1 rings (SSSR count).